The van der Waals surface area contributed by atoms with Crippen LogP contribution in [0.2, 0.25) is 0 Å². The maximum Gasteiger partial charge on any atom is 0.237 e. The molecule has 0 saturated carbocycles. The molecule has 1 atom stereocenters. The summed E-state index contributed by atoms with van der Waals surface area (Å²) in [5.74, 6) is -0.219. The summed E-state index contributed by atoms with van der Waals surface area (Å²) in [5, 5.41) is 19.9. The average Bonchev–Trinajstić information content (AvgIpc) is 3.02. The Bertz CT molecular complexity index is 1030. The molecule has 136 valence electrons. The Morgan fingerprint density at radius 2 is 2.04 bits per heavy atom. The molecule has 1 heterocycles. The highest BCUT2D eigenvalue weighted by atomic mass is 32.2. The summed E-state index contributed by atoms with van der Waals surface area (Å²) in [7, 11) is 1.73. The number of nitrogens with zero attached hydrogens (tertiary/aromatic N) is 4. The molecule has 0 bridgehead atoms. The number of benzene rings is 2. The summed E-state index contributed by atoms with van der Waals surface area (Å²) in [6.45, 7) is 1.74. The van der Waals surface area contributed by atoms with Crippen LogP contribution in [0.25, 0.3) is 11.4 Å². The predicted octanol–water partition coefficient (Wildman–Crippen LogP) is 3.61. The van der Waals surface area contributed by atoms with E-state index in [-0.39, 0.29) is 11.7 Å². The lowest BCUT2D eigenvalue weighted by Crippen LogP contribution is -2.22. The highest BCUT2D eigenvalue weighted by Crippen LogP contribution is 2.27. The number of aromatic nitrogens is 3. The van der Waals surface area contributed by atoms with E-state index in [4.69, 9.17) is 5.26 Å². The third-order valence-electron chi connectivity index (χ3n) is 3.86. The lowest BCUT2D eigenvalue weighted by molar-refractivity contribution is -0.115. The Kier molecular flexibility index (Phi) is 5.52. The minimum absolute atomic E-state index is 0.231. The molecule has 6 nitrogen and oxygen atoms in total. The summed E-state index contributed by atoms with van der Waals surface area (Å²) in [5.41, 5.74) is 1.37. The first-order chi connectivity index (χ1) is 13.0. The zero-order valence-electron chi connectivity index (χ0n) is 14.7. The second-order valence-corrected chi connectivity index (χ2v) is 7.09. The van der Waals surface area contributed by atoms with E-state index in [1.807, 2.05) is 6.07 Å². The SMILES string of the molecule is C[C@H](Sc1nnc(-c2ccccc2F)n1C)C(=O)Nc1cccc(C#N)c1. The third-order valence-corrected chi connectivity index (χ3v) is 4.99. The van der Waals surface area contributed by atoms with Gasteiger partial charge in [-0.05, 0) is 37.3 Å². The molecule has 1 aromatic heterocycles. The fourth-order valence-electron chi connectivity index (χ4n) is 2.42. The number of anilines is 1. The highest BCUT2D eigenvalue weighted by Gasteiger charge is 2.20. The molecule has 0 spiro atoms. The second kappa shape index (κ2) is 8.01. The van der Waals surface area contributed by atoms with Crippen molar-refractivity contribution in [1.29, 1.82) is 5.26 Å². The topological polar surface area (TPSA) is 83.6 Å². The molecular formula is C19H16FN5OS. The van der Waals surface area contributed by atoms with Gasteiger partial charge in [-0.2, -0.15) is 5.26 Å². The van der Waals surface area contributed by atoms with Crippen molar-refractivity contribution in [1.82, 2.24) is 14.8 Å². The lowest BCUT2D eigenvalue weighted by atomic mass is 10.2. The molecule has 0 aliphatic carbocycles. The molecule has 1 amide bonds. The second-order valence-electron chi connectivity index (χ2n) is 5.79. The van der Waals surface area contributed by atoms with E-state index in [1.54, 1.807) is 61.0 Å². The van der Waals surface area contributed by atoms with Gasteiger partial charge in [-0.25, -0.2) is 4.39 Å². The van der Waals surface area contributed by atoms with E-state index in [0.29, 0.717) is 27.8 Å². The number of hydrogen-bond acceptors (Lipinski definition) is 5. The van der Waals surface area contributed by atoms with Crippen LogP contribution >= 0.6 is 11.8 Å². The quantitative estimate of drug-likeness (QED) is 0.683. The Morgan fingerprint density at radius 1 is 1.26 bits per heavy atom. The van der Waals surface area contributed by atoms with Gasteiger partial charge in [0.2, 0.25) is 5.91 Å². The summed E-state index contributed by atoms with van der Waals surface area (Å²) in [6.07, 6.45) is 0. The molecule has 8 heteroatoms. The number of nitriles is 1. The van der Waals surface area contributed by atoms with Crippen molar-refractivity contribution in [3.8, 4) is 17.5 Å². The standard InChI is InChI=1S/C19H16FN5OS/c1-12(18(26)22-14-7-5-6-13(10-14)11-21)27-19-24-23-17(25(19)2)15-8-3-4-9-16(15)20/h3-10,12H,1-2H3,(H,22,26)/t12-/m0/s1. The van der Waals surface area contributed by atoms with E-state index in [9.17, 15) is 9.18 Å². The van der Waals surface area contributed by atoms with Crippen LogP contribution < -0.4 is 5.32 Å². The number of thioether (sulfide) groups is 1. The third kappa shape index (κ3) is 4.15. The van der Waals surface area contributed by atoms with Crippen LogP contribution in [0.15, 0.2) is 53.7 Å². The zero-order valence-corrected chi connectivity index (χ0v) is 15.5. The van der Waals surface area contributed by atoms with Gasteiger partial charge in [0.05, 0.1) is 22.4 Å². The maximum absolute atomic E-state index is 14.0. The number of carbonyl (C=O) groups excluding carboxylic acids is 1. The van der Waals surface area contributed by atoms with Crippen LogP contribution in [-0.2, 0) is 11.8 Å². The van der Waals surface area contributed by atoms with Crippen LogP contribution in [0.1, 0.15) is 12.5 Å². The van der Waals surface area contributed by atoms with Crippen LogP contribution in [0.3, 0.4) is 0 Å². The zero-order chi connectivity index (χ0) is 19.4. The van der Waals surface area contributed by atoms with Gasteiger partial charge < -0.3 is 9.88 Å². The van der Waals surface area contributed by atoms with E-state index < -0.39 is 5.25 Å². The predicted molar refractivity (Wildman–Crippen MR) is 102 cm³/mol. The summed E-state index contributed by atoms with van der Waals surface area (Å²) in [4.78, 5) is 12.4. The van der Waals surface area contributed by atoms with Gasteiger partial charge in [0.1, 0.15) is 5.82 Å². The Labute approximate surface area is 160 Å². The Hall–Kier alpha value is -3.18. The van der Waals surface area contributed by atoms with E-state index in [2.05, 4.69) is 15.5 Å². The van der Waals surface area contributed by atoms with Crippen molar-refractivity contribution in [2.75, 3.05) is 5.32 Å². The minimum Gasteiger partial charge on any atom is -0.325 e. The number of rotatable bonds is 5. The molecule has 0 aliphatic heterocycles. The molecule has 3 rings (SSSR count). The minimum atomic E-state index is -0.466. The molecule has 0 unspecified atom stereocenters. The molecule has 27 heavy (non-hydrogen) atoms. The van der Waals surface area contributed by atoms with E-state index in [0.717, 1.165) is 0 Å². The first-order valence-electron chi connectivity index (χ1n) is 8.11. The van der Waals surface area contributed by atoms with Crippen LogP contribution in [0.5, 0.6) is 0 Å². The van der Waals surface area contributed by atoms with Crippen LogP contribution in [0, 0.1) is 17.1 Å². The summed E-state index contributed by atoms with van der Waals surface area (Å²) in [6, 6.07) is 15.1. The number of halogens is 1. The monoisotopic (exact) mass is 381 g/mol. The molecule has 3 aromatic rings. The lowest BCUT2D eigenvalue weighted by Gasteiger charge is -2.12. The number of nitrogens with one attached hydrogen (secondary N) is 1. The molecule has 0 radical (unpaired) electrons. The van der Waals surface area contributed by atoms with Crippen molar-refractivity contribution in [3.05, 3.63) is 59.9 Å². The van der Waals surface area contributed by atoms with E-state index >= 15 is 0 Å². The summed E-state index contributed by atoms with van der Waals surface area (Å²) < 4.78 is 15.6. The van der Waals surface area contributed by atoms with Crippen molar-refractivity contribution in [2.24, 2.45) is 7.05 Å². The van der Waals surface area contributed by atoms with Gasteiger partial charge in [-0.1, -0.05) is 30.0 Å². The van der Waals surface area contributed by atoms with Gasteiger partial charge in [0, 0.05) is 12.7 Å². The largest absolute Gasteiger partial charge is 0.325 e. The van der Waals surface area contributed by atoms with Crippen molar-refractivity contribution in [3.63, 3.8) is 0 Å². The van der Waals surface area contributed by atoms with Gasteiger partial charge >= 0.3 is 0 Å². The van der Waals surface area contributed by atoms with Gasteiger partial charge in [-0.15, -0.1) is 10.2 Å². The van der Waals surface area contributed by atoms with Crippen molar-refractivity contribution < 1.29 is 9.18 Å². The smallest absolute Gasteiger partial charge is 0.237 e. The average molecular weight is 381 g/mol. The first kappa shape index (κ1) is 18.6. The normalized spacial score (nSPS) is 11.6. The number of amides is 1. The van der Waals surface area contributed by atoms with Crippen molar-refractivity contribution in [2.45, 2.75) is 17.3 Å². The molecule has 1 N–H and O–H groups in total. The number of hydrogen-bond donors (Lipinski definition) is 1. The molecule has 0 aliphatic rings. The Balaban J connectivity index is 1.73. The van der Waals surface area contributed by atoms with Crippen LogP contribution in [-0.4, -0.2) is 25.9 Å². The fraction of sp³-hybridized carbons (Fsp3) is 0.158. The fourth-order valence-corrected chi connectivity index (χ4v) is 3.23. The van der Waals surface area contributed by atoms with Crippen LogP contribution in [0.4, 0.5) is 10.1 Å². The molecule has 0 fully saturated rings. The summed E-state index contributed by atoms with van der Waals surface area (Å²) >= 11 is 1.22. The van der Waals surface area contributed by atoms with Gasteiger partial charge in [-0.3, -0.25) is 4.79 Å². The maximum atomic E-state index is 14.0. The van der Waals surface area contributed by atoms with Gasteiger partial charge in [0.15, 0.2) is 11.0 Å². The Morgan fingerprint density at radius 3 is 2.78 bits per heavy atom. The molecular weight excluding hydrogens is 365 g/mol. The highest BCUT2D eigenvalue weighted by molar-refractivity contribution is 8.00. The molecule has 2 aromatic carbocycles. The number of carbonyl (C=O) groups is 1. The first-order valence-corrected chi connectivity index (χ1v) is 8.99. The molecule has 0 saturated heterocycles. The van der Waals surface area contributed by atoms with Gasteiger partial charge in [0.25, 0.3) is 0 Å². The van der Waals surface area contributed by atoms with Crippen molar-refractivity contribution >= 4 is 23.4 Å². The van der Waals surface area contributed by atoms with E-state index in [1.165, 1.54) is 17.8 Å².